The fraction of sp³-hybridized carbons (Fsp3) is 0.450. The predicted molar refractivity (Wildman–Crippen MR) is 97.4 cm³/mol. The highest BCUT2D eigenvalue weighted by atomic mass is 16.3. The Morgan fingerprint density at radius 2 is 2.08 bits per heavy atom. The number of hydrogen-bond acceptors (Lipinski definition) is 4. The van der Waals surface area contributed by atoms with Crippen LogP contribution in [0.1, 0.15) is 29.6 Å². The molecule has 0 radical (unpaired) electrons. The summed E-state index contributed by atoms with van der Waals surface area (Å²) in [5.41, 5.74) is 0.843. The molecule has 1 amide bonds. The van der Waals surface area contributed by atoms with Gasteiger partial charge < -0.3 is 19.3 Å². The molecule has 25 heavy (non-hydrogen) atoms. The summed E-state index contributed by atoms with van der Waals surface area (Å²) in [5, 5.41) is 10.8. The predicted octanol–water partition coefficient (Wildman–Crippen LogP) is 2.87. The van der Waals surface area contributed by atoms with Crippen LogP contribution in [0.3, 0.4) is 0 Å². The second kappa shape index (κ2) is 7.42. The highest BCUT2D eigenvalue weighted by molar-refractivity contribution is 5.95. The summed E-state index contributed by atoms with van der Waals surface area (Å²) in [5.74, 6) is 0.772. The lowest BCUT2D eigenvalue weighted by molar-refractivity contribution is 0.00305. The maximum atomic E-state index is 12.9. The number of carbonyl (C=O) groups excluding carboxylic acids is 1. The third-order valence-electron chi connectivity index (χ3n) is 4.73. The average molecular weight is 342 g/mol. The number of benzene rings is 1. The number of aliphatic hydroxyl groups is 1. The molecule has 1 aromatic heterocycles. The molecule has 2 aromatic rings. The Labute approximate surface area is 148 Å². The van der Waals surface area contributed by atoms with Crippen molar-refractivity contribution >= 4 is 5.91 Å². The summed E-state index contributed by atoms with van der Waals surface area (Å²) >= 11 is 0. The van der Waals surface area contributed by atoms with Crippen LogP contribution in [0.2, 0.25) is 0 Å². The minimum Gasteiger partial charge on any atom is -0.464 e. The fourth-order valence-electron chi connectivity index (χ4n) is 3.56. The van der Waals surface area contributed by atoms with Crippen LogP contribution >= 0.6 is 0 Å². The van der Waals surface area contributed by atoms with Crippen LogP contribution in [0.25, 0.3) is 11.3 Å². The van der Waals surface area contributed by atoms with Crippen molar-refractivity contribution in [3.63, 3.8) is 0 Å². The SMILES string of the molecule is CN(C)C[C@]1(O)CCCN(C(=O)c2cccc(-c3ccco3)c2)CC1. The highest BCUT2D eigenvalue weighted by Gasteiger charge is 2.32. The molecular weight excluding hydrogens is 316 g/mol. The minimum atomic E-state index is -0.714. The van der Waals surface area contributed by atoms with Gasteiger partial charge in [0.1, 0.15) is 5.76 Å². The molecule has 1 saturated heterocycles. The molecule has 1 atom stereocenters. The summed E-state index contributed by atoms with van der Waals surface area (Å²) < 4.78 is 5.42. The first-order valence-electron chi connectivity index (χ1n) is 8.77. The lowest BCUT2D eigenvalue weighted by Gasteiger charge is -2.30. The van der Waals surface area contributed by atoms with E-state index in [0.717, 1.165) is 24.2 Å². The van der Waals surface area contributed by atoms with Gasteiger partial charge in [0.15, 0.2) is 0 Å². The van der Waals surface area contributed by atoms with Crippen LogP contribution in [0.15, 0.2) is 47.1 Å². The molecule has 0 spiro atoms. The number of likely N-dealkylation sites (N-methyl/N-ethyl adjacent to an activating group) is 1. The summed E-state index contributed by atoms with van der Waals surface area (Å²) in [4.78, 5) is 16.8. The molecule has 0 aliphatic carbocycles. The van der Waals surface area contributed by atoms with Gasteiger partial charge in [-0.25, -0.2) is 0 Å². The van der Waals surface area contributed by atoms with Crippen molar-refractivity contribution in [2.24, 2.45) is 0 Å². The van der Waals surface area contributed by atoms with Gasteiger partial charge in [-0.3, -0.25) is 4.79 Å². The smallest absolute Gasteiger partial charge is 0.253 e. The molecule has 1 aliphatic rings. The molecule has 1 aromatic carbocycles. The van der Waals surface area contributed by atoms with E-state index in [1.165, 1.54) is 0 Å². The van der Waals surface area contributed by atoms with E-state index in [-0.39, 0.29) is 5.91 Å². The second-order valence-electron chi connectivity index (χ2n) is 7.17. The largest absolute Gasteiger partial charge is 0.464 e. The topological polar surface area (TPSA) is 56.9 Å². The summed E-state index contributed by atoms with van der Waals surface area (Å²) in [7, 11) is 3.93. The van der Waals surface area contributed by atoms with Crippen molar-refractivity contribution in [1.82, 2.24) is 9.80 Å². The number of furan rings is 1. The molecule has 1 N–H and O–H groups in total. The Hall–Kier alpha value is -2.11. The van der Waals surface area contributed by atoms with Crippen molar-refractivity contribution in [3.8, 4) is 11.3 Å². The van der Waals surface area contributed by atoms with Crippen LogP contribution in [0, 0.1) is 0 Å². The van der Waals surface area contributed by atoms with E-state index in [1.807, 2.05) is 60.3 Å². The number of hydrogen-bond donors (Lipinski definition) is 1. The molecule has 2 heterocycles. The molecule has 1 fully saturated rings. The molecule has 5 heteroatoms. The Bertz CT molecular complexity index is 711. The fourth-order valence-corrected chi connectivity index (χ4v) is 3.56. The van der Waals surface area contributed by atoms with Crippen molar-refractivity contribution in [3.05, 3.63) is 48.2 Å². The summed E-state index contributed by atoms with van der Waals surface area (Å²) in [6.45, 7) is 1.89. The zero-order valence-corrected chi connectivity index (χ0v) is 14.9. The van der Waals surface area contributed by atoms with E-state index in [0.29, 0.717) is 31.6 Å². The van der Waals surface area contributed by atoms with Gasteiger partial charge in [0, 0.05) is 30.8 Å². The zero-order chi connectivity index (χ0) is 17.9. The van der Waals surface area contributed by atoms with Crippen LogP contribution < -0.4 is 0 Å². The van der Waals surface area contributed by atoms with Gasteiger partial charge in [-0.15, -0.1) is 0 Å². The maximum absolute atomic E-state index is 12.9. The van der Waals surface area contributed by atoms with Gasteiger partial charge >= 0.3 is 0 Å². The van der Waals surface area contributed by atoms with Crippen molar-refractivity contribution < 1.29 is 14.3 Å². The summed E-state index contributed by atoms with van der Waals surface area (Å²) in [6, 6.07) is 11.3. The molecule has 0 bridgehead atoms. The first-order valence-corrected chi connectivity index (χ1v) is 8.77. The molecule has 3 rings (SSSR count). The molecule has 0 unspecified atom stereocenters. The van der Waals surface area contributed by atoms with Crippen molar-refractivity contribution in [2.45, 2.75) is 24.9 Å². The lowest BCUT2D eigenvalue weighted by Crippen LogP contribution is -2.41. The number of nitrogens with zero attached hydrogens (tertiary/aromatic N) is 2. The van der Waals surface area contributed by atoms with E-state index in [9.17, 15) is 9.90 Å². The Morgan fingerprint density at radius 3 is 2.80 bits per heavy atom. The van der Waals surface area contributed by atoms with Crippen molar-refractivity contribution in [1.29, 1.82) is 0 Å². The Morgan fingerprint density at radius 1 is 1.24 bits per heavy atom. The highest BCUT2D eigenvalue weighted by Crippen LogP contribution is 2.25. The van der Waals surface area contributed by atoms with E-state index in [4.69, 9.17) is 4.42 Å². The number of amides is 1. The minimum absolute atomic E-state index is 0.0162. The third kappa shape index (κ3) is 4.30. The average Bonchev–Trinajstić information content (AvgIpc) is 3.05. The van der Waals surface area contributed by atoms with Gasteiger partial charge in [0.25, 0.3) is 5.91 Å². The van der Waals surface area contributed by atoms with E-state index in [1.54, 1.807) is 6.26 Å². The quantitative estimate of drug-likeness (QED) is 0.928. The molecule has 134 valence electrons. The van der Waals surface area contributed by atoms with Crippen LogP contribution in [0.5, 0.6) is 0 Å². The molecular formula is C20H26N2O3. The van der Waals surface area contributed by atoms with E-state index < -0.39 is 5.60 Å². The summed E-state index contributed by atoms with van der Waals surface area (Å²) in [6.07, 6.45) is 3.77. The van der Waals surface area contributed by atoms with Gasteiger partial charge in [0.05, 0.1) is 11.9 Å². The Balaban J connectivity index is 1.72. The van der Waals surface area contributed by atoms with Gasteiger partial charge in [-0.1, -0.05) is 12.1 Å². The normalized spacial score (nSPS) is 21.4. The lowest BCUT2D eigenvalue weighted by atomic mass is 9.94. The molecule has 5 nitrogen and oxygen atoms in total. The third-order valence-corrected chi connectivity index (χ3v) is 4.73. The van der Waals surface area contributed by atoms with E-state index in [2.05, 4.69) is 0 Å². The van der Waals surface area contributed by atoms with Crippen LogP contribution in [0.4, 0.5) is 0 Å². The Kier molecular flexibility index (Phi) is 5.25. The zero-order valence-electron chi connectivity index (χ0n) is 14.9. The van der Waals surface area contributed by atoms with Crippen LogP contribution in [-0.4, -0.2) is 60.1 Å². The van der Waals surface area contributed by atoms with Crippen molar-refractivity contribution in [2.75, 3.05) is 33.7 Å². The van der Waals surface area contributed by atoms with Gasteiger partial charge in [0.2, 0.25) is 0 Å². The maximum Gasteiger partial charge on any atom is 0.253 e. The first-order chi connectivity index (χ1) is 12.0. The molecule has 1 aliphatic heterocycles. The molecule has 0 saturated carbocycles. The number of rotatable bonds is 4. The van der Waals surface area contributed by atoms with Gasteiger partial charge in [-0.2, -0.15) is 0 Å². The monoisotopic (exact) mass is 342 g/mol. The van der Waals surface area contributed by atoms with Crippen LogP contribution in [-0.2, 0) is 0 Å². The standard InChI is InChI=1S/C20H26N2O3/c1-21(2)15-20(24)9-5-11-22(12-10-20)19(23)17-7-3-6-16(14-17)18-8-4-13-25-18/h3-4,6-8,13-14,24H,5,9-12,15H2,1-2H3/t20-/m0/s1. The van der Waals surface area contributed by atoms with Gasteiger partial charge in [-0.05, 0) is 57.6 Å². The first kappa shape index (κ1) is 17.7. The number of carbonyl (C=O) groups is 1. The second-order valence-corrected chi connectivity index (χ2v) is 7.17. The number of likely N-dealkylation sites (tertiary alicyclic amines) is 1. The van der Waals surface area contributed by atoms with E-state index >= 15 is 0 Å².